The first kappa shape index (κ1) is 26.1. The van der Waals surface area contributed by atoms with E-state index in [2.05, 4.69) is 20.6 Å². The van der Waals surface area contributed by atoms with Gasteiger partial charge in [0.05, 0.1) is 34.6 Å². The molecular formula is C26H30ClFN8O2. The van der Waals surface area contributed by atoms with Crippen molar-refractivity contribution >= 4 is 46.3 Å². The van der Waals surface area contributed by atoms with Crippen molar-refractivity contribution in [2.75, 3.05) is 17.2 Å². The van der Waals surface area contributed by atoms with Gasteiger partial charge in [0, 0.05) is 24.4 Å². The molecule has 0 spiro atoms. The van der Waals surface area contributed by atoms with E-state index >= 15 is 0 Å². The van der Waals surface area contributed by atoms with E-state index < -0.39 is 5.82 Å². The van der Waals surface area contributed by atoms with Gasteiger partial charge in [-0.05, 0) is 50.7 Å². The summed E-state index contributed by atoms with van der Waals surface area (Å²) < 4.78 is 16.8. The molecule has 0 aliphatic heterocycles. The first-order chi connectivity index (χ1) is 18.3. The summed E-state index contributed by atoms with van der Waals surface area (Å²) in [6.45, 7) is 0.557. The van der Waals surface area contributed by atoms with Crippen LogP contribution >= 0.6 is 11.6 Å². The molecule has 5 rings (SSSR count). The minimum atomic E-state index is -0.676. The maximum Gasteiger partial charge on any atom is 0.224 e. The predicted molar refractivity (Wildman–Crippen MR) is 141 cm³/mol. The van der Waals surface area contributed by atoms with Gasteiger partial charge >= 0.3 is 0 Å². The van der Waals surface area contributed by atoms with Gasteiger partial charge in [-0.3, -0.25) is 9.36 Å². The van der Waals surface area contributed by atoms with Crippen molar-refractivity contribution < 1.29 is 14.3 Å². The van der Waals surface area contributed by atoms with Crippen LogP contribution in [0.15, 0.2) is 18.3 Å². The number of fused-ring (bicyclic) bond motifs is 1. The molecule has 12 heteroatoms. The lowest BCUT2D eigenvalue weighted by Crippen LogP contribution is -2.30. The fourth-order valence-electron chi connectivity index (χ4n) is 5.55. The zero-order valence-electron chi connectivity index (χ0n) is 20.8. The second-order valence-electron chi connectivity index (χ2n) is 10.2. The number of hydrogen-bond acceptors (Lipinski definition) is 8. The van der Waals surface area contributed by atoms with Crippen molar-refractivity contribution in [3.63, 3.8) is 0 Å². The minimum absolute atomic E-state index is 0.00522. The normalized spacial score (nSPS) is 23.6. The molecule has 1 aromatic carbocycles. The Labute approximate surface area is 224 Å². The molecule has 5 N–H and O–H groups in total. The van der Waals surface area contributed by atoms with Crippen LogP contribution in [0.25, 0.3) is 11.2 Å². The molecule has 38 heavy (non-hydrogen) atoms. The van der Waals surface area contributed by atoms with Crippen molar-refractivity contribution in [1.82, 2.24) is 19.5 Å². The maximum absolute atomic E-state index is 14.9. The number of hydrogen-bond donors (Lipinski definition) is 4. The quantitative estimate of drug-likeness (QED) is 0.343. The number of halogens is 2. The molecule has 0 bridgehead atoms. The fourth-order valence-corrected chi connectivity index (χ4v) is 5.80. The molecule has 2 heterocycles. The van der Waals surface area contributed by atoms with E-state index in [1.165, 1.54) is 6.07 Å². The topological polar surface area (TPSA) is 155 Å². The van der Waals surface area contributed by atoms with Crippen LogP contribution in [0.1, 0.15) is 63.0 Å². The standard InChI is InChI=1S/C26H30ClFN8O2/c27-18-9-14(11-29)10-19(28)22(18)34-26-33-20-13-32-25(31-12-16-3-1-2-4-21(16)37)35-24(20)36(26)17-7-5-15(6-8-17)23(30)38/h9-10,13,15-17,21,37H,1-8,12H2,(H2,30,38)(H,33,34)(H,31,32,35)/t15-,16-,17+,21+/m0/s1. The zero-order chi connectivity index (χ0) is 26.8. The number of nitriles is 1. The maximum atomic E-state index is 14.9. The molecule has 3 aromatic rings. The Kier molecular flexibility index (Phi) is 7.63. The number of primary amides is 1. The van der Waals surface area contributed by atoms with E-state index in [4.69, 9.17) is 27.6 Å². The number of nitrogens with two attached hydrogens (primary N) is 1. The Morgan fingerprint density at radius 2 is 1.97 bits per heavy atom. The first-order valence-electron chi connectivity index (χ1n) is 13.0. The summed E-state index contributed by atoms with van der Waals surface area (Å²) in [5.41, 5.74) is 6.73. The third-order valence-electron chi connectivity index (χ3n) is 7.70. The monoisotopic (exact) mass is 540 g/mol. The number of anilines is 3. The van der Waals surface area contributed by atoms with Gasteiger partial charge in [-0.15, -0.1) is 0 Å². The highest BCUT2D eigenvalue weighted by Gasteiger charge is 2.30. The highest BCUT2D eigenvalue weighted by Crippen LogP contribution is 2.38. The summed E-state index contributed by atoms with van der Waals surface area (Å²) in [7, 11) is 0. The number of aliphatic hydroxyl groups is 1. The average molecular weight is 541 g/mol. The molecule has 2 aliphatic carbocycles. The van der Waals surface area contributed by atoms with E-state index in [1.807, 2.05) is 10.6 Å². The lowest BCUT2D eigenvalue weighted by molar-refractivity contribution is -0.122. The van der Waals surface area contributed by atoms with E-state index in [1.54, 1.807) is 6.20 Å². The SMILES string of the molecule is N#Cc1cc(F)c(Nc2nc3cnc(NC[C@@H]4CCCC[C@H]4O)nc3n2[C@H]2CC[C@@H](C(N)=O)CC2)c(Cl)c1. The Morgan fingerprint density at radius 1 is 1.21 bits per heavy atom. The summed E-state index contributed by atoms with van der Waals surface area (Å²) >= 11 is 6.31. The summed E-state index contributed by atoms with van der Waals surface area (Å²) in [5, 5.41) is 25.8. The summed E-state index contributed by atoms with van der Waals surface area (Å²) in [6.07, 6.45) is 7.73. The summed E-state index contributed by atoms with van der Waals surface area (Å²) in [5.74, 6) is -0.280. The third kappa shape index (κ3) is 5.37. The van der Waals surface area contributed by atoms with Crippen molar-refractivity contribution in [1.29, 1.82) is 5.26 Å². The number of nitrogens with one attached hydrogen (secondary N) is 2. The molecule has 2 aromatic heterocycles. The summed E-state index contributed by atoms with van der Waals surface area (Å²) in [4.78, 5) is 25.5. The predicted octanol–water partition coefficient (Wildman–Crippen LogP) is 4.41. The number of benzene rings is 1. The van der Waals surface area contributed by atoms with Crippen LogP contribution in [0.2, 0.25) is 5.02 Å². The second kappa shape index (κ2) is 11.1. The van der Waals surface area contributed by atoms with E-state index in [-0.39, 0.29) is 46.2 Å². The number of aromatic nitrogens is 4. The Morgan fingerprint density at radius 3 is 2.66 bits per heavy atom. The second-order valence-corrected chi connectivity index (χ2v) is 10.6. The third-order valence-corrected chi connectivity index (χ3v) is 7.99. The van der Waals surface area contributed by atoms with Crippen LogP contribution in [-0.4, -0.2) is 43.2 Å². The van der Waals surface area contributed by atoms with Crippen LogP contribution in [0.3, 0.4) is 0 Å². The number of carbonyl (C=O) groups is 1. The molecular weight excluding hydrogens is 511 g/mol. The Bertz CT molecular complexity index is 1360. The molecule has 2 atom stereocenters. The Balaban J connectivity index is 1.48. The fraction of sp³-hybridized carbons (Fsp3) is 0.500. The van der Waals surface area contributed by atoms with Gasteiger partial charge in [0.15, 0.2) is 5.65 Å². The van der Waals surface area contributed by atoms with E-state index in [0.29, 0.717) is 55.3 Å². The largest absolute Gasteiger partial charge is 0.393 e. The number of imidazole rings is 1. The number of rotatable bonds is 7. The minimum Gasteiger partial charge on any atom is -0.393 e. The average Bonchev–Trinajstić information content (AvgIpc) is 3.27. The molecule has 0 radical (unpaired) electrons. The van der Waals surface area contributed by atoms with Gasteiger partial charge in [0.1, 0.15) is 11.3 Å². The number of carbonyl (C=O) groups excluding carboxylic acids is 1. The molecule has 1 amide bonds. The number of nitrogens with zero attached hydrogens (tertiary/aromatic N) is 5. The lowest BCUT2D eigenvalue weighted by atomic mass is 9.85. The highest BCUT2D eigenvalue weighted by atomic mass is 35.5. The molecule has 0 unspecified atom stereocenters. The number of amides is 1. The van der Waals surface area contributed by atoms with Crippen LogP contribution in [0.5, 0.6) is 0 Å². The van der Waals surface area contributed by atoms with Crippen molar-refractivity contribution in [2.24, 2.45) is 17.6 Å². The molecule has 2 saturated carbocycles. The zero-order valence-corrected chi connectivity index (χ0v) is 21.6. The van der Waals surface area contributed by atoms with E-state index in [0.717, 1.165) is 31.7 Å². The molecule has 2 fully saturated rings. The summed E-state index contributed by atoms with van der Waals surface area (Å²) in [6, 6.07) is 4.32. The molecule has 0 saturated heterocycles. The van der Waals surface area contributed by atoms with Gasteiger partial charge in [-0.25, -0.2) is 14.4 Å². The van der Waals surface area contributed by atoms with Gasteiger partial charge in [0.25, 0.3) is 0 Å². The lowest BCUT2D eigenvalue weighted by Gasteiger charge is -2.29. The van der Waals surface area contributed by atoms with Gasteiger partial charge in [0.2, 0.25) is 17.8 Å². The van der Waals surface area contributed by atoms with Gasteiger partial charge < -0.3 is 21.5 Å². The van der Waals surface area contributed by atoms with E-state index in [9.17, 15) is 14.3 Å². The van der Waals surface area contributed by atoms with Crippen LogP contribution in [0, 0.1) is 29.0 Å². The van der Waals surface area contributed by atoms with Crippen molar-refractivity contribution in [2.45, 2.75) is 63.5 Å². The van der Waals surface area contributed by atoms with Crippen molar-refractivity contribution in [3.8, 4) is 6.07 Å². The molecule has 10 nitrogen and oxygen atoms in total. The van der Waals surface area contributed by atoms with Crippen LogP contribution < -0.4 is 16.4 Å². The highest BCUT2D eigenvalue weighted by molar-refractivity contribution is 6.33. The Hall–Kier alpha value is -3.49. The van der Waals surface area contributed by atoms with Gasteiger partial charge in [-0.1, -0.05) is 24.4 Å². The van der Waals surface area contributed by atoms with Gasteiger partial charge in [-0.2, -0.15) is 10.2 Å². The van der Waals surface area contributed by atoms with Crippen LogP contribution in [0.4, 0.5) is 22.0 Å². The molecule has 200 valence electrons. The molecule has 2 aliphatic rings. The van der Waals surface area contributed by atoms with Crippen molar-refractivity contribution in [3.05, 3.63) is 34.7 Å². The first-order valence-corrected chi connectivity index (χ1v) is 13.3. The number of aliphatic hydroxyl groups excluding tert-OH is 1. The smallest absolute Gasteiger partial charge is 0.224 e. The van der Waals surface area contributed by atoms with Crippen LogP contribution in [-0.2, 0) is 4.79 Å².